The lowest BCUT2D eigenvalue weighted by Crippen LogP contribution is -2.34. The van der Waals surface area contributed by atoms with Gasteiger partial charge in [0.05, 0.1) is 14.2 Å². The minimum absolute atomic E-state index is 0.414. The fraction of sp³-hybridized carbons (Fsp3) is 0.429. The molecule has 5 heteroatoms. The molecule has 0 bridgehead atoms. The number of hydrogen-bond donors (Lipinski definition) is 1. The van der Waals surface area contributed by atoms with Gasteiger partial charge in [0, 0.05) is 23.6 Å². The van der Waals surface area contributed by atoms with Crippen molar-refractivity contribution in [2.24, 2.45) is 0 Å². The van der Waals surface area contributed by atoms with E-state index in [0.717, 1.165) is 34.6 Å². The Morgan fingerprint density at radius 1 is 1.04 bits per heavy atom. The van der Waals surface area contributed by atoms with E-state index < -0.39 is 0 Å². The highest BCUT2D eigenvalue weighted by Gasteiger charge is 2.23. The molecule has 4 nitrogen and oxygen atoms in total. The molecule has 0 saturated carbocycles. The van der Waals surface area contributed by atoms with Crippen LogP contribution in [0.4, 0.5) is 0 Å². The van der Waals surface area contributed by atoms with Crippen molar-refractivity contribution < 1.29 is 9.47 Å². The maximum absolute atomic E-state index is 5.43. The van der Waals surface area contributed by atoms with Crippen LogP contribution in [0.3, 0.4) is 0 Å². The van der Waals surface area contributed by atoms with E-state index in [-0.39, 0.29) is 0 Å². The van der Waals surface area contributed by atoms with Gasteiger partial charge < -0.3 is 14.8 Å². The zero-order chi connectivity index (χ0) is 18.4. The topological polar surface area (TPSA) is 33.7 Å². The summed E-state index contributed by atoms with van der Waals surface area (Å²) in [4.78, 5) is 2.59. The fourth-order valence-corrected chi connectivity index (χ4v) is 4.02. The SMILES string of the molecule is COc1cc(Br)c(CNCC(c2ccccc2)N2CCCC2)cc1OC. The Morgan fingerprint density at radius 3 is 2.35 bits per heavy atom. The molecule has 1 fully saturated rings. The van der Waals surface area contributed by atoms with Crippen molar-refractivity contribution in [3.63, 3.8) is 0 Å². The third-order valence-corrected chi connectivity index (χ3v) is 5.71. The highest BCUT2D eigenvalue weighted by molar-refractivity contribution is 9.10. The van der Waals surface area contributed by atoms with Crippen LogP contribution < -0.4 is 14.8 Å². The molecule has 0 spiro atoms. The van der Waals surface area contributed by atoms with Crippen molar-refractivity contribution in [3.8, 4) is 11.5 Å². The zero-order valence-electron chi connectivity index (χ0n) is 15.5. The standard InChI is InChI=1S/C21H27BrN2O2/c1-25-20-12-17(18(22)13-21(20)26-2)14-23-15-19(24-10-6-7-11-24)16-8-4-3-5-9-16/h3-5,8-9,12-13,19,23H,6-7,10-11,14-15H2,1-2H3. The first-order chi connectivity index (χ1) is 12.7. The highest BCUT2D eigenvalue weighted by atomic mass is 79.9. The molecule has 1 heterocycles. The summed E-state index contributed by atoms with van der Waals surface area (Å²) in [5.41, 5.74) is 2.55. The van der Waals surface area contributed by atoms with E-state index in [1.54, 1.807) is 14.2 Å². The maximum atomic E-state index is 5.43. The molecule has 2 aromatic rings. The lowest BCUT2D eigenvalue weighted by atomic mass is 10.1. The first kappa shape index (κ1) is 19.2. The molecule has 1 aliphatic rings. The molecule has 1 N–H and O–H groups in total. The van der Waals surface area contributed by atoms with Gasteiger partial charge in [-0.3, -0.25) is 4.90 Å². The first-order valence-corrected chi connectivity index (χ1v) is 9.92. The van der Waals surface area contributed by atoms with Gasteiger partial charge in [-0.05, 0) is 49.2 Å². The normalized spacial score (nSPS) is 15.8. The van der Waals surface area contributed by atoms with Gasteiger partial charge in [-0.15, -0.1) is 0 Å². The van der Waals surface area contributed by atoms with E-state index >= 15 is 0 Å². The number of benzene rings is 2. The molecule has 1 aliphatic heterocycles. The molecule has 3 rings (SSSR count). The van der Waals surface area contributed by atoms with Gasteiger partial charge in [0.2, 0.25) is 0 Å². The van der Waals surface area contributed by atoms with Crippen molar-refractivity contribution in [2.75, 3.05) is 33.9 Å². The van der Waals surface area contributed by atoms with Crippen LogP contribution in [0.1, 0.15) is 30.0 Å². The summed E-state index contributed by atoms with van der Waals surface area (Å²) in [5, 5.41) is 3.64. The Bertz CT molecular complexity index is 703. The average molecular weight is 419 g/mol. The molecule has 140 valence electrons. The van der Waals surface area contributed by atoms with Crippen molar-refractivity contribution in [1.82, 2.24) is 10.2 Å². The number of methoxy groups -OCH3 is 2. The monoisotopic (exact) mass is 418 g/mol. The third kappa shape index (κ3) is 4.58. The number of halogens is 1. The largest absolute Gasteiger partial charge is 0.493 e. The molecule has 1 saturated heterocycles. The summed E-state index contributed by atoms with van der Waals surface area (Å²) in [5.74, 6) is 1.49. The summed E-state index contributed by atoms with van der Waals surface area (Å²) < 4.78 is 11.8. The molecule has 0 aromatic heterocycles. The summed E-state index contributed by atoms with van der Waals surface area (Å²) >= 11 is 3.64. The minimum atomic E-state index is 0.414. The Kier molecular flexibility index (Phi) is 6.94. The van der Waals surface area contributed by atoms with Gasteiger partial charge in [0.15, 0.2) is 11.5 Å². The second-order valence-electron chi connectivity index (χ2n) is 6.60. The van der Waals surface area contributed by atoms with Crippen molar-refractivity contribution in [2.45, 2.75) is 25.4 Å². The van der Waals surface area contributed by atoms with E-state index in [0.29, 0.717) is 6.04 Å². The quantitative estimate of drug-likeness (QED) is 0.688. The molecule has 1 atom stereocenters. The third-order valence-electron chi connectivity index (χ3n) is 4.97. The number of likely N-dealkylation sites (tertiary alicyclic amines) is 1. The predicted octanol–water partition coefficient (Wildman–Crippen LogP) is 4.39. The van der Waals surface area contributed by atoms with Gasteiger partial charge >= 0.3 is 0 Å². The summed E-state index contributed by atoms with van der Waals surface area (Å²) in [6, 6.07) is 15.2. The van der Waals surface area contributed by atoms with Crippen LogP contribution in [-0.2, 0) is 6.54 Å². The van der Waals surface area contributed by atoms with Crippen molar-refractivity contribution in [3.05, 3.63) is 58.1 Å². The number of nitrogens with zero attached hydrogens (tertiary/aromatic N) is 1. The molecule has 2 aromatic carbocycles. The Morgan fingerprint density at radius 2 is 1.69 bits per heavy atom. The van der Waals surface area contributed by atoms with E-state index in [1.807, 2.05) is 12.1 Å². The van der Waals surface area contributed by atoms with Gasteiger partial charge in [-0.1, -0.05) is 46.3 Å². The summed E-state index contributed by atoms with van der Waals surface area (Å²) in [6.07, 6.45) is 2.59. The highest BCUT2D eigenvalue weighted by Crippen LogP contribution is 2.33. The van der Waals surface area contributed by atoms with Crippen LogP contribution in [0.2, 0.25) is 0 Å². The van der Waals surface area contributed by atoms with Gasteiger partial charge in [0.1, 0.15) is 0 Å². The minimum Gasteiger partial charge on any atom is -0.493 e. The Hall–Kier alpha value is -1.56. The van der Waals surface area contributed by atoms with Gasteiger partial charge in [0.25, 0.3) is 0 Å². The van der Waals surface area contributed by atoms with Gasteiger partial charge in [-0.25, -0.2) is 0 Å². The predicted molar refractivity (Wildman–Crippen MR) is 109 cm³/mol. The molecule has 0 aliphatic carbocycles. The van der Waals surface area contributed by atoms with Crippen LogP contribution in [0.25, 0.3) is 0 Å². The van der Waals surface area contributed by atoms with Crippen LogP contribution in [0, 0.1) is 0 Å². The number of ether oxygens (including phenoxy) is 2. The average Bonchev–Trinajstić information content (AvgIpc) is 3.21. The number of nitrogens with one attached hydrogen (secondary N) is 1. The Labute approximate surface area is 164 Å². The lowest BCUT2D eigenvalue weighted by Gasteiger charge is -2.28. The van der Waals surface area contributed by atoms with E-state index in [2.05, 4.69) is 56.5 Å². The number of hydrogen-bond acceptors (Lipinski definition) is 4. The Balaban J connectivity index is 1.68. The van der Waals surface area contributed by atoms with Gasteiger partial charge in [-0.2, -0.15) is 0 Å². The maximum Gasteiger partial charge on any atom is 0.161 e. The fourth-order valence-electron chi connectivity index (χ4n) is 3.56. The van der Waals surface area contributed by atoms with E-state index in [1.165, 1.54) is 31.5 Å². The summed E-state index contributed by atoms with van der Waals surface area (Å²) in [7, 11) is 3.32. The summed E-state index contributed by atoms with van der Waals surface area (Å²) in [6.45, 7) is 4.06. The molecule has 0 radical (unpaired) electrons. The number of rotatable bonds is 8. The molecule has 0 amide bonds. The molecular weight excluding hydrogens is 392 g/mol. The van der Waals surface area contributed by atoms with Crippen molar-refractivity contribution >= 4 is 15.9 Å². The molecule has 26 heavy (non-hydrogen) atoms. The van der Waals surface area contributed by atoms with Crippen LogP contribution in [0.5, 0.6) is 11.5 Å². The zero-order valence-corrected chi connectivity index (χ0v) is 17.1. The van der Waals surface area contributed by atoms with Crippen LogP contribution in [0.15, 0.2) is 46.9 Å². The molecule has 1 unspecified atom stereocenters. The van der Waals surface area contributed by atoms with E-state index in [4.69, 9.17) is 9.47 Å². The first-order valence-electron chi connectivity index (χ1n) is 9.13. The lowest BCUT2D eigenvalue weighted by molar-refractivity contribution is 0.238. The smallest absolute Gasteiger partial charge is 0.161 e. The second kappa shape index (κ2) is 9.40. The molecular formula is C21H27BrN2O2. The van der Waals surface area contributed by atoms with Crippen molar-refractivity contribution in [1.29, 1.82) is 0 Å². The van der Waals surface area contributed by atoms with E-state index in [9.17, 15) is 0 Å². The van der Waals surface area contributed by atoms with Crippen LogP contribution in [-0.4, -0.2) is 38.8 Å². The second-order valence-corrected chi connectivity index (χ2v) is 7.45. The van der Waals surface area contributed by atoms with Crippen LogP contribution >= 0.6 is 15.9 Å².